The molecule has 0 saturated heterocycles. The van der Waals surface area contributed by atoms with Crippen molar-refractivity contribution in [2.24, 2.45) is 10.2 Å². The molecular weight excluding hydrogens is 282 g/mol. The molecule has 0 aromatic heterocycles. The second-order valence-electron chi connectivity index (χ2n) is 4.28. The van der Waals surface area contributed by atoms with Crippen LogP contribution in [-0.2, 0) is 4.79 Å². The van der Waals surface area contributed by atoms with Crippen LogP contribution < -0.4 is 4.74 Å². The number of benzene rings is 1. The van der Waals surface area contributed by atoms with Crippen molar-refractivity contribution in [3.63, 3.8) is 0 Å². The Labute approximate surface area is 121 Å². The van der Waals surface area contributed by atoms with E-state index in [1.54, 1.807) is 0 Å². The van der Waals surface area contributed by atoms with Crippen molar-refractivity contribution in [2.75, 3.05) is 0 Å². The van der Waals surface area contributed by atoms with Crippen LogP contribution in [0.4, 0.5) is 14.5 Å². The van der Waals surface area contributed by atoms with E-state index in [9.17, 15) is 18.7 Å². The molecule has 1 aromatic rings. The van der Waals surface area contributed by atoms with Crippen LogP contribution in [0.1, 0.15) is 27.2 Å². The Hall–Kier alpha value is -2.31. The number of carbonyl (C=O) groups is 1. The van der Waals surface area contributed by atoms with Gasteiger partial charge in [-0.3, -0.25) is 4.79 Å². The molecule has 21 heavy (non-hydrogen) atoms. The molecule has 0 aliphatic heterocycles. The third kappa shape index (κ3) is 5.29. The highest BCUT2D eigenvalue weighted by molar-refractivity contribution is 5.93. The maximum absolute atomic E-state index is 13.0. The smallest absolute Gasteiger partial charge is 0.397 e. The molecule has 0 bridgehead atoms. The van der Waals surface area contributed by atoms with Crippen LogP contribution >= 0.6 is 0 Å². The summed E-state index contributed by atoms with van der Waals surface area (Å²) in [6.45, 7) is 3.88. The maximum Gasteiger partial charge on any atom is 0.397 e. The largest absolute Gasteiger partial charge is 0.510 e. The highest BCUT2D eigenvalue weighted by Crippen LogP contribution is 2.26. The number of nitrogens with zero attached hydrogens (tertiary/aromatic N) is 2. The van der Waals surface area contributed by atoms with E-state index in [0.29, 0.717) is 5.69 Å². The van der Waals surface area contributed by atoms with E-state index in [0.717, 1.165) is 0 Å². The lowest BCUT2D eigenvalue weighted by molar-refractivity contribution is -0.177. The molecule has 0 saturated carbocycles. The maximum atomic E-state index is 13.0. The fourth-order valence-electron chi connectivity index (χ4n) is 1.33. The van der Waals surface area contributed by atoms with Crippen molar-refractivity contribution in [3.05, 3.63) is 35.7 Å². The molecule has 0 fully saturated rings. The first-order chi connectivity index (χ1) is 9.75. The van der Waals surface area contributed by atoms with Gasteiger partial charge in [-0.05, 0) is 31.2 Å². The van der Waals surface area contributed by atoms with Crippen LogP contribution in [0.15, 0.2) is 46.0 Å². The van der Waals surface area contributed by atoms with Crippen molar-refractivity contribution in [1.82, 2.24) is 0 Å². The zero-order valence-corrected chi connectivity index (χ0v) is 11.9. The van der Waals surface area contributed by atoms with E-state index in [1.165, 1.54) is 45.0 Å². The van der Waals surface area contributed by atoms with Gasteiger partial charge in [0.15, 0.2) is 11.5 Å². The van der Waals surface area contributed by atoms with Gasteiger partial charge in [0.2, 0.25) is 0 Å². The Morgan fingerprint density at radius 1 is 1.29 bits per heavy atom. The van der Waals surface area contributed by atoms with E-state index >= 15 is 0 Å². The number of rotatable bonds is 6. The van der Waals surface area contributed by atoms with Crippen molar-refractivity contribution in [3.8, 4) is 5.75 Å². The molecule has 5 nitrogen and oxygen atoms in total. The third-order valence-corrected chi connectivity index (χ3v) is 2.46. The van der Waals surface area contributed by atoms with E-state index < -0.39 is 18.3 Å². The molecule has 1 aromatic carbocycles. The second-order valence-corrected chi connectivity index (χ2v) is 4.28. The molecule has 0 atom stereocenters. The number of halogens is 2. The van der Waals surface area contributed by atoms with Gasteiger partial charge in [0.25, 0.3) is 0 Å². The Kier molecular flexibility index (Phi) is 5.52. The van der Waals surface area contributed by atoms with Gasteiger partial charge < -0.3 is 9.84 Å². The molecule has 0 unspecified atom stereocenters. The zero-order valence-electron chi connectivity index (χ0n) is 11.9. The number of hydrogen-bond acceptors (Lipinski definition) is 5. The van der Waals surface area contributed by atoms with Crippen LogP contribution in [0.25, 0.3) is 0 Å². The van der Waals surface area contributed by atoms with Gasteiger partial charge in [-0.25, -0.2) is 0 Å². The first-order valence-corrected chi connectivity index (χ1v) is 6.24. The van der Waals surface area contributed by atoms with Gasteiger partial charge in [-0.2, -0.15) is 13.9 Å². The van der Waals surface area contributed by atoms with E-state index in [1.807, 2.05) is 0 Å². The average molecular weight is 298 g/mol. The van der Waals surface area contributed by atoms with Crippen LogP contribution in [0.3, 0.4) is 0 Å². The monoisotopic (exact) mass is 298 g/mol. The summed E-state index contributed by atoms with van der Waals surface area (Å²) in [4.78, 5) is 11.2. The third-order valence-electron chi connectivity index (χ3n) is 2.46. The van der Waals surface area contributed by atoms with Gasteiger partial charge in [-0.1, -0.05) is 6.92 Å². The number of allylic oxidation sites excluding steroid dienone is 2. The summed E-state index contributed by atoms with van der Waals surface area (Å²) in [5.74, 6) is -0.670. The summed E-state index contributed by atoms with van der Waals surface area (Å²) < 4.78 is 30.6. The standard InChI is InChI=1S/C14H16F2N2O3/c1-4-14(15,16)21-12-7-5-11(6-8-12)17-18-13(9(2)19)10(3)20/h5-8,19H,4H2,1-3H3. The second kappa shape index (κ2) is 6.92. The van der Waals surface area contributed by atoms with E-state index in [-0.39, 0.29) is 17.2 Å². The fraction of sp³-hybridized carbons (Fsp3) is 0.357. The minimum absolute atomic E-state index is 0.00136. The number of hydrogen-bond donors (Lipinski definition) is 1. The molecule has 0 spiro atoms. The summed E-state index contributed by atoms with van der Waals surface area (Å²) in [5, 5.41) is 16.6. The quantitative estimate of drug-likeness (QED) is 0.476. The molecule has 1 N–H and O–H groups in total. The fourth-order valence-corrected chi connectivity index (χ4v) is 1.33. The number of Topliss-reactive ketones (excluding diaryl/α,β-unsaturated/α-hetero) is 1. The lowest BCUT2D eigenvalue weighted by Crippen LogP contribution is -2.22. The Balaban J connectivity index is 2.84. The molecule has 1 rings (SSSR count). The van der Waals surface area contributed by atoms with Gasteiger partial charge in [0.05, 0.1) is 5.69 Å². The minimum atomic E-state index is -3.22. The van der Waals surface area contributed by atoms with Crippen molar-refractivity contribution in [2.45, 2.75) is 33.3 Å². The van der Waals surface area contributed by atoms with Gasteiger partial charge in [0.1, 0.15) is 11.5 Å². The normalized spacial score (nSPS) is 13.2. The summed E-state index contributed by atoms with van der Waals surface area (Å²) in [6.07, 6.45) is -3.65. The number of ether oxygens (including phenoxy) is 1. The van der Waals surface area contributed by atoms with E-state index in [2.05, 4.69) is 15.0 Å². The van der Waals surface area contributed by atoms with Crippen LogP contribution in [-0.4, -0.2) is 17.0 Å². The Morgan fingerprint density at radius 3 is 2.29 bits per heavy atom. The molecule has 7 heteroatoms. The number of ketones is 1. The Morgan fingerprint density at radius 2 is 1.86 bits per heavy atom. The van der Waals surface area contributed by atoms with Crippen molar-refractivity contribution >= 4 is 11.5 Å². The van der Waals surface area contributed by atoms with Crippen LogP contribution in [0.2, 0.25) is 0 Å². The molecular formula is C14H16F2N2O3. The lowest BCUT2D eigenvalue weighted by atomic mass is 10.3. The highest BCUT2D eigenvalue weighted by atomic mass is 19.3. The number of aliphatic hydroxyl groups is 1. The number of carbonyl (C=O) groups excluding carboxylic acids is 1. The number of azo groups is 1. The summed E-state index contributed by atoms with van der Waals surface area (Å²) in [7, 11) is 0. The number of aliphatic hydroxyl groups excluding tert-OH is 1. The molecule has 0 aliphatic carbocycles. The predicted octanol–water partition coefficient (Wildman–Crippen LogP) is 4.53. The molecule has 0 amide bonds. The first kappa shape index (κ1) is 16.7. The Bertz CT molecular complexity index is 562. The minimum Gasteiger partial charge on any atom is -0.510 e. The first-order valence-electron chi connectivity index (χ1n) is 6.24. The average Bonchev–Trinajstić information content (AvgIpc) is 2.40. The van der Waals surface area contributed by atoms with Gasteiger partial charge >= 0.3 is 6.11 Å². The number of alkyl halides is 2. The molecule has 0 heterocycles. The SMILES string of the molecule is CCC(F)(F)Oc1ccc(N=NC(C(C)=O)=C(C)O)cc1. The molecule has 114 valence electrons. The summed E-state index contributed by atoms with van der Waals surface area (Å²) in [5.41, 5.74) is 0.176. The highest BCUT2D eigenvalue weighted by Gasteiger charge is 2.28. The van der Waals surface area contributed by atoms with Crippen molar-refractivity contribution < 1.29 is 23.4 Å². The summed E-state index contributed by atoms with van der Waals surface area (Å²) >= 11 is 0. The van der Waals surface area contributed by atoms with Crippen LogP contribution in [0, 0.1) is 0 Å². The molecule has 0 radical (unpaired) electrons. The zero-order chi connectivity index (χ0) is 16.0. The topological polar surface area (TPSA) is 71.2 Å². The van der Waals surface area contributed by atoms with Crippen molar-refractivity contribution in [1.29, 1.82) is 0 Å². The van der Waals surface area contributed by atoms with E-state index in [4.69, 9.17) is 0 Å². The summed E-state index contributed by atoms with van der Waals surface area (Å²) in [6, 6.07) is 5.46. The van der Waals surface area contributed by atoms with Gasteiger partial charge in [0, 0.05) is 13.3 Å². The lowest BCUT2D eigenvalue weighted by Gasteiger charge is -2.15. The molecule has 0 aliphatic rings. The van der Waals surface area contributed by atoms with Crippen LogP contribution in [0.5, 0.6) is 5.75 Å². The predicted molar refractivity (Wildman–Crippen MR) is 72.8 cm³/mol. The van der Waals surface area contributed by atoms with Gasteiger partial charge in [-0.15, -0.1) is 5.11 Å².